The van der Waals surface area contributed by atoms with E-state index in [1.165, 1.54) is 6.07 Å². The molecule has 0 aromatic heterocycles. The zero-order chi connectivity index (χ0) is 22.7. The van der Waals surface area contributed by atoms with Crippen molar-refractivity contribution >= 4 is 15.7 Å². The van der Waals surface area contributed by atoms with E-state index in [0.717, 1.165) is 37.4 Å². The van der Waals surface area contributed by atoms with Gasteiger partial charge in [0.25, 0.3) is 0 Å². The van der Waals surface area contributed by atoms with Crippen molar-refractivity contribution in [1.29, 1.82) is 0 Å². The summed E-state index contributed by atoms with van der Waals surface area (Å²) >= 11 is 0. The van der Waals surface area contributed by atoms with Gasteiger partial charge in [0.1, 0.15) is 13.2 Å². The van der Waals surface area contributed by atoms with Crippen molar-refractivity contribution in [2.24, 2.45) is 0 Å². The van der Waals surface area contributed by atoms with Gasteiger partial charge < -0.3 is 19.3 Å². The zero-order valence-electron chi connectivity index (χ0n) is 19.0. The fourth-order valence-electron chi connectivity index (χ4n) is 4.05. The average Bonchev–Trinajstić information content (AvgIpc) is 2.80. The highest BCUT2D eigenvalue weighted by Gasteiger charge is 2.27. The maximum absolute atomic E-state index is 13.1. The topological polar surface area (TPSA) is 74.3 Å². The third-order valence-corrected chi connectivity index (χ3v) is 7.48. The van der Waals surface area contributed by atoms with E-state index in [2.05, 4.69) is 50.7 Å². The molecule has 1 fully saturated rings. The molecule has 8 nitrogen and oxygen atoms in total. The monoisotopic (exact) mass is 460 g/mol. The minimum Gasteiger partial charge on any atom is -0.486 e. The largest absolute Gasteiger partial charge is 0.486 e. The van der Waals surface area contributed by atoms with Crippen LogP contribution >= 0.6 is 0 Å². The van der Waals surface area contributed by atoms with Crippen LogP contribution in [0.2, 0.25) is 0 Å². The second kappa shape index (κ2) is 9.66. The second-order valence-electron chi connectivity index (χ2n) is 8.50. The lowest BCUT2D eigenvalue weighted by Gasteiger charge is -2.38. The van der Waals surface area contributed by atoms with Gasteiger partial charge in [-0.05, 0) is 36.9 Å². The zero-order valence-corrected chi connectivity index (χ0v) is 19.8. The van der Waals surface area contributed by atoms with Crippen LogP contribution in [0.4, 0.5) is 5.69 Å². The van der Waals surface area contributed by atoms with Crippen molar-refractivity contribution in [2.45, 2.75) is 10.9 Å². The fraction of sp³-hybridized carbons (Fsp3) is 0.478. The van der Waals surface area contributed by atoms with Crippen molar-refractivity contribution in [3.8, 4) is 11.5 Å². The molecule has 9 heteroatoms. The van der Waals surface area contributed by atoms with Crippen molar-refractivity contribution in [1.82, 2.24) is 14.5 Å². The van der Waals surface area contributed by atoms with Crippen molar-refractivity contribution in [3.63, 3.8) is 0 Å². The Labute approximate surface area is 190 Å². The standard InChI is InChI=1S/C23H32N4O4S/c1-25(2)19-6-4-18(5-7-19)21(27-12-10-26(3)11-13-27)17-24-32(28,29)20-8-9-22-23(16-20)31-15-14-30-22/h4-9,16,21,24H,10-15,17H2,1-3H3/t21-/m0/s1. The molecule has 2 heterocycles. The predicted octanol–water partition coefficient (Wildman–Crippen LogP) is 1.79. The first-order valence-corrected chi connectivity index (χ1v) is 12.4. The van der Waals surface area contributed by atoms with E-state index in [1.54, 1.807) is 12.1 Å². The molecule has 2 aliphatic rings. The van der Waals surface area contributed by atoms with Crippen molar-refractivity contribution in [2.75, 3.05) is 72.0 Å². The molecule has 1 N–H and O–H groups in total. The van der Waals surface area contributed by atoms with Gasteiger partial charge in [-0.2, -0.15) is 0 Å². The number of nitrogens with zero attached hydrogens (tertiary/aromatic N) is 3. The third kappa shape index (κ3) is 5.17. The Morgan fingerprint density at radius 3 is 2.28 bits per heavy atom. The molecule has 0 aliphatic carbocycles. The minimum atomic E-state index is -3.70. The van der Waals surface area contributed by atoms with Crippen LogP contribution in [0.1, 0.15) is 11.6 Å². The van der Waals surface area contributed by atoms with E-state index < -0.39 is 10.0 Å². The lowest BCUT2D eigenvalue weighted by molar-refractivity contribution is 0.113. The predicted molar refractivity (Wildman–Crippen MR) is 125 cm³/mol. The summed E-state index contributed by atoms with van der Waals surface area (Å²) in [4.78, 5) is 6.89. The molecule has 1 saturated heterocycles. The summed E-state index contributed by atoms with van der Waals surface area (Å²) in [7, 11) is 2.43. The number of hydrogen-bond acceptors (Lipinski definition) is 7. The van der Waals surface area contributed by atoms with Gasteiger partial charge in [0.2, 0.25) is 10.0 Å². The Balaban J connectivity index is 1.53. The van der Waals surface area contributed by atoms with Crippen LogP contribution < -0.4 is 19.1 Å². The maximum atomic E-state index is 13.1. The van der Waals surface area contributed by atoms with Crippen LogP contribution in [0.25, 0.3) is 0 Å². The number of fused-ring (bicyclic) bond motifs is 1. The van der Waals surface area contributed by atoms with Gasteiger partial charge in [-0.1, -0.05) is 12.1 Å². The molecular weight excluding hydrogens is 428 g/mol. The van der Waals surface area contributed by atoms with Crippen LogP contribution in [0.3, 0.4) is 0 Å². The van der Waals surface area contributed by atoms with Gasteiger partial charge in [-0.25, -0.2) is 13.1 Å². The van der Waals surface area contributed by atoms with Crippen molar-refractivity contribution < 1.29 is 17.9 Å². The van der Waals surface area contributed by atoms with Gasteiger partial charge >= 0.3 is 0 Å². The number of rotatable bonds is 7. The number of hydrogen-bond donors (Lipinski definition) is 1. The Morgan fingerprint density at radius 1 is 0.969 bits per heavy atom. The SMILES string of the molecule is CN1CCN([C@@H](CNS(=O)(=O)c2ccc3c(c2)OCCO3)c2ccc(N(C)C)cc2)CC1. The number of ether oxygens (including phenoxy) is 2. The summed E-state index contributed by atoms with van der Waals surface area (Å²) in [6, 6.07) is 13.0. The summed E-state index contributed by atoms with van der Waals surface area (Å²) in [5.41, 5.74) is 2.22. The molecule has 0 bridgehead atoms. The first kappa shape index (κ1) is 22.8. The van der Waals surface area contributed by atoms with Crippen LogP contribution in [-0.4, -0.2) is 85.3 Å². The third-order valence-electron chi connectivity index (χ3n) is 6.06. The van der Waals surface area contributed by atoms with Crippen LogP contribution in [0.15, 0.2) is 47.4 Å². The number of nitrogens with one attached hydrogen (secondary N) is 1. The molecule has 0 unspecified atom stereocenters. The Morgan fingerprint density at radius 2 is 1.62 bits per heavy atom. The Kier molecular flexibility index (Phi) is 6.90. The Hall–Kier alpha value is -2.33. The molecule has 0 saturated carbocycles. The highest BCUT2D eigenvalue weighted by molar-refractivity contribution is 7.89. The Bertz CT molecular complexity index is 1020. The van der Waals surface area contributed by atoms with E-state index in [1.807, 2.05) is 14.1 Å². The normalized spacial score (nSPS) is 18.3. The number of benzene rings is 2. The van der Waals surface area contributed by atoms with E-state index in [4.69, 9.17) is 9.47 Å². The molecule has 2 aromatic carbocycles. The number of anilines is 1. The van der Waals surface area contributed by atoms with Gasteiger partial charge in [-0.15, -0.1) is 0 Å². The molecule has 32 heavy (non-hydrogen) atoms. The molecule has 0 radical (unpaired) electrons. The summed E-state index contributed by atoms with van der Waals surface area (Å²) in [5.74, 6) is 1.04. The second-order valence-corrected chi connectivity index (χ2v) is 10.3. The molecule has 174 valence electrons. The quantitative estimate of drug-likeness (QED) is 0.675. The van der Waals surface area contributed by atoms with Gasteiger partial charge in [0.05, 0.1) is 4.90 Å². The minimum absolute atomic E-state index is 0.0492. The summed E-state index contributed by atoms with van der Waals surface area (Å²) in [6.45, 7) is 4.88. The van der Waals surface area contributed by atoms with Crippen LogP contribution in [-0.2, 0) is 10.0 Å². The first-order valence-electron chi connectivity index (χ1n) is 10.9. The highest BCUT2D eigenvalue weighted by Crippen LogP contribution is 2.32. The average molecular weight is 461 g/mol. The molecule has 2 aromatic rings. The van der Waals surface area contributed by atoms with Crippen molar-refractivity contribution in [3.05, 3.63) is 48.0 Å². The van der Waals surface area contributed by atoms with Gasteiger partial charge in [-0.3, -0.25) is 4.90 Å². The number of sulfonamides is 1. The lowest BCUT2D eigenvalue weighted by Crippen LogP contribution is -2.48. The maximum Gasteiger partial charge on any atom is 0.240 e. The number of likely N-dealkylation sites (N-methyl/N-ethyl adjacent to an activating group) is 1. The molecule has 4 rings (SSSR count). The molecular formula is C23H32N4O4S. The van der Waals surface area contributed by atoms with E-state index >= 15 is 0 Å². The molecule has 1 atom stereocenters. The van der Waals surface area contributed by atoms with Gasteiger partial charge in [0.15, 0.2) is 11.5 Å². The van der Waals surface area contributed by atoms with E-state index in [9.17, 15) is 8.42 Å². The first-order chi connectivity index (χ1) is 15.3. The number of piperazine rings is 1. The lowest BCUT2D eigenvalue weighted by atomic mass is 10.0. The molecule has 2 aliphatic heterocycles. The summed E-state index contributed by atoms with van der Waals surface area (Å²) in [6.07, 6.45) is 0. The highest BCUT2D eigenvalue weighted by atomic mass is 32.2. The van der Waals surface area contributed by atoms with E-state index in [-0.39, 0.29) is 10.9 Å². The fourth-order valence-corrected chi connectivity index (χ4v) is 5.10. The smallest absolute Gasteiger partial charge is 0.240 e. The van der Waals surface area contributed by atoms with Crippen LogP contribution in [0, 0.1) is 0 Å². The van der Waals surface area contributed by atoms with Gasteiger partial charge in [0, 0.05) is 64.6 Å². The summed E-state index contributed by atoms with van der Waals surface area (Å²) in [5, 5.41) is 0. The van der Waals surface area contributed by atoms with E-state index in [0.29, 0.717) is 31.3 Å². The van der Waals surface area contributed by atoms with Crippen LogP contribution in [0.5, 0.6) is 11.5 Å². The molecule has 0 amide bonds. The summed E-state index contributed by atoms with van der Waals surface area (Å²) < 4.78 is 40.1. The molecule has 0 spiro atoms.